The number of ether oxygens (including phenoxy) is 1. The highest BCUT2D eigenvalue weighted by Crippen LogP contribution is 2.35. The highest BCUT2D eigenvalue weighted by Gasteiger charge is 2.33. The van der Waals surface area contributed by atoms with Gasteiger partial charge in [0.05, 0.1) is 0 Å². The summed E-state index contributed by atoms with van der Waals surface area (Å²) in [6.45, 7) is 9.97. The average molecular weight is 500 g/mol. The summed E-state index contributed by atoms with van der Waals surface area (Å²) in [7, 11) is 0. The molecular formula is C25H37N7O4. The van der Waals surface area contributed by atoms with Crippen LogP contribution in [0.25, 0.3) is 0 Å². The minimum atomic E-state index is -0.668. The molecule has 2 amide bonds. The van der Waals surface area contributed by atoms with Gasteiger partial charge in [-0.2, -0.15) is 0 Å². The molecule has 0 saturated heterocycles. The molecular weight excluding hydrogens is 462 g/mol. The van der Waals surface area contributed by atoms with Crippen LogP contribution in [0.4, 0.5) is 16.4 Å². The van der Waals surface area contributed by atoms with Crippen LogP contribution in [0.15, 0.2) is 23.1 Å². The molecule has 2 aromatic rings. The van der Waals surface area contributed by atoms with Crippen molar-refractivity contribution >= 4 is 23.6 Å². The Morgan fingerprint density at radius 2 is 2.00 bits per heavy atom. The molecule has 2 aromatic heterocycles. The number of hydrogen-bond donors (Lipinski definition) is 4. The quantitative estimate of drug-likeness (QED) is 0.404. The Balaban J connectivity index is 1.59. The number of nitrogens with zero attached hydrogens (tertiary/aromatic N) is 3. The van der Waals surface area contributed by atoms with Gasteiger partial charge in [-0.25, -0.2) is 20.2 Å². The molecule has 1 aliphatic carbocycles. The van der Waals surface area contributed by atoms with Crippen molar-refractivity contribution in [3.05, 3.63) is 45.6 Å². The number of hydrogen-bond acceptors (Lipinski definition) is 8. The molecule has 0 aromatic carbocycles. The molecule has 0 bridgehead atoms. The number of aromatic nitrogens is 3. The largest absolute Gasteiger partial charge is 0.445 e. The van der Waals surface area contributed by atoms with E-state index in [4.69, 9.17) is 10.5 Å². The zero-order chi connectivity index (χ0) is 26.4. The zero-order valence-corrected chi connectivity index (χ0v) is 21.6. The predicted molar refractivity (Wildman–Crippen MR) is 137 cm³/mol. The molecule has 11 nitrogen and oxygen atoms in total. The maximum absolute atomic E-state index is 12.9. The van der Waals surface area contributed by atoms with Gasteiger partial charge in [-0.1, -0.05) is 33.3 Å². The summed E-state index contributed by atoms with van der Waals surface area (Å²) in [5, 5.41) is 2.78. The molecule has 1 saturated carbocycles. The van der Waals surface area contributed by atoms with E-state index < -0.39 is 11.7 Å². The maximum Gasteiger partial charge on any atom is 0.426 e. The molecule has 0 radical (unpaired) electrons. The van der Waals surface area contributed by atoms with E-state index in [1.165, 1.54) is 10.8 Å². The fourth-order valence-corrected chi connectivity index (χ4v) is 4.57. The van der Waals surface area contributed by atoms with Gasteiger partial charge in [-0.15, -0.1) is 0 Å². The lowest BCUT2D eigenvalue weighted by molar-refractivity contribution is -0.121. The predicted octanol–water partition coefficient (Wildman–Crippen LogP) is 2.67. The van der Waals surface area contributed by atoms with E-state index in [9.17, 15) is 14.4 Å². The zero-order valence-electron chi connectivity index (χ0n) is 21.6. The molecule has 11 heteroatoms. The van der Waals surface area contributed by atoms with Crippen molar-refractivity contribution < 1.29 is 14.3 Å². The van der Waals surface area contributed by atoms with Gasteiger partial charge < -0.3 is 15.8 Å². The van der Waals surface area contributed by atoms with Crippen LogP contribution in [0.1, 0.15) is 57.0 Å². The number of nitrogen functional groups attached to an aromatic ring is 1. The molecule has 1 unspecified atom stereocenters. The molecule has 0 aliphatic heterocycles. The number of aryl methyl sites for hydroxylation is 2. The number of carbonyl (C=O) groups excluding carboxylic acids is 2. The van der Waals surface area contributed by atoms with E-state index in [-0.39, 0.29) is 30.9 Å². The first-order valence-corrected chi connectivity index (χ1v) is 12.3. The summed E-state index contributed by atoms with van der Waals surface area (Å²) in [4.78, 5) is 46.2. The summed E-state index contributed by atoms with van der Waals surface area (Å²) in [5.41, 5.74) is 12.1. The van der Waals surface area contributed by atoms with Crippen LogP contribution in [0.3, 0.4) is 0 Å². The first-order chi connectivity index (χ1) is 17.0. The van der Waals surface area contributed by atoms with E-state index >= 15 is 0 Å². The highest BCUT2D eigenvalue weighted by atomic mass is 16.6. The standard InChI is InChI=1S/C25H37N7O4/c1-14(2)19-8-6-15(3)10-20(19)36-25(35)31-30-23-24(34)32(16(4)11-28-23)13-22(33)27-12-18-7-9-21(26)29-17(18)5/h7,9,11,14-15,19-20H,6,8,10,12-13H2,1-5H3,(H2,26,29)(H,27,33)(H,28,30)(H,31,35)/t15-,19?,20-/m1/s1. The molecule has 196 valence electrons. The Hall–Kier alpha value is -3.63. The van der Waals surface area contributed by atoms with Crippen LogP contribution in [-0.4, -0.2) is 32.6 Å². The van der Waals surface area contributed by atoms with E-state index in [2.05, 4.69) is 46.9 Å². The average Bonchev–Trinajstić information content (AvgIpc) is 2.80. The Morgan fingerprint density at radius 1 is 1.25 bits per heavy atom. The summed E-state index contributed by atoms with van der Waals surface area (Å²) in [6, 6.07) is 3.46. The molecule has 1 aliphatic rings. The summed E-state index contributed by atoms with van der Waals surface area (Å²) in [6.07, 6.45) is 3.56. The Labute approximate surface area is 211 Å². The van der Waals surface area contributed by atoms with Gasteiger partial charge in [-0.3, -0.25) is 19.6 Å². The van der Waals surface area contributed by atoms with Crippen molar-refractivity contribution in [2.45, 2.75) is 73.1 Å². The maximum atomic E-state index is 12.9. The van der Waals surface area contributed by atoms with Crippen LogP contribution >= 0.6 is 0 Å². The van der Waals surface area contributed by atoms with Gasteiger partial charge >= 0.3 is 6.09 Å². The molecule has 5 N–H and O–H groups in total. The van der Waals surface area contributed by atoms with Gasteiger partial charge in [-0.05, 0) is 56.1 Å². The van der Waals surface area contributed by atoms with Crippen LogP contribution in [-0.2, 0) is 22.6 Å². The summed E-state index contributed by atoms with van der Waals surface area (Å²) >= 11 is 0. The number of pyridine rings is 1. The number of anilines is 2. The Bertz CT molecular complexity index is 1150. The van der Waals surface area contributed by atoms with Crippen molar-refractivity contribution in [3.63, 3.8) is 0 Å². The van der Waals surface area contributed by atoms with Crippen molar-refractivity contribution in [2.24, 2.45) is 17.8 Å². The van der Waals surface area contributed by atoms with E-state index in [0.717, 1.165) is 30.5 Å². The Morgan fingerprint density at radius 3 is 2.69 bits per heavy atom. The molecule has 2 heterocycles. The minimum absolute atomic E-state index is 0.110. The monoisotopic (exact) mass is 499 g/mol. The first-order valence-electron chi connectivity index (χ1n) is 12.3. The van der Waals surface area contributed by atoms with Gasteiger partial charge in [0.1, 0.15) is 18.5 Å². The minimum Gasteiger partial charge on any atom is -0.445 e. The second-order valence-corrected chi connectivity index (χ2v) is 9.92. The third kappa shape index (κ3) is 6.96. The second kappa shape index (κ2) is 11.9. The summed E-state index contributed by atoms with van der Waals surface area (Å²) in [5.74, 6) is 1.14. The van der Waals surface area contributed by atoms with Gasteiger partial charge in [0, 0.05) is 24.1 Å². The lowest BCUT2D eigenvalue weighted by atomic mass is 9.75. The van der Waals surface area contributed by atoms with E-state index in [1.807, 2.05) is 6.92 Å². The molecule has 36 heavy (non-hydrogen) atoms. The number of nitrogens with one attached hydrogen (secondary N) is 3. The molecule has 0 spiro atoms. The summed E-state index contributed by atoms with van der Waals surface area (Å²) < 4.78 is 6.96. The van der Waals surface area contributed by atoms with Crippen molar-refractivity contribution in [3.8, 4) is 0 Å². The van der Waals surface area contributed by atoms with Crippen LogP contribution in [0.5, 0.6) is 0 Å². The number of carbonyl (C=O) groups is 2. The third-order valence-corrected chi connectivity index (χ3v) is 6.75. The molecule has 3 atom stereocenters. The fraction of sp³-hybridized carbons (Fsp3) is 0.560. The lowest BCUT2D eigenvalue weighted by Crippen LogP contribution is -2.42. The van der Waals surface area contributed by atoms with Crippen molar-refractivity contribution in [1.82, 2.24) is 25.3 Å². The van der Waals surface area contributed by atoms with Gasteiger partial charge in [0.15, 0.2) is 0 Å². The fourth-order valence-electron chi connectivity index (χ4n) is 4.57. The molecule has 1 fully saturated rings. The van der Waals surface area contributed by atoms with Gasteiger partial charge in [0.2, 0.25) is 11.7 Å². The normalized spacial score (nSPS) is 19.6. The highest BCUT2D eigenvalue weighted by molar-refractivity contribution is 5.76. The SMILES string of the molecule is Cc1nc(N)ccc1CNC(=O)Cn1c(C)cnc(NNC(=O)O[C@@H]2C[C@H](C)CCC2C(C)C)c1=O. The second-order valence-electron chi connectivity index (χ2n) is 9.92. The topological polar surface area (TPSA) is 153 Å². The van der Waals surface area contributed by atoms with E-state index in [0.29, 0.717) is 29.3 Å². The third-order valence-electron chi connectivity index (χ3n) is 6.75. The van der Waals surface area contributed by atoms with Crippen molar-refractivity contribution in [2.75, 3.05) is 11.2 Å². The van der Waals surface area contributed by atoms with E-state index in [1.54, 1.807) is 19.1 Å². The molecule has 3 rings (SSSR count). The van der Waals surface area contributed by atoms with Gasteiger partial charge in [0.25, 0.3) is 5.56 Å². The number of nitrogens with two attached hydrogens (primary N) is 1. The smallest absolute Gasteiger partial charge is 0.426 e. The first kappa shape index (κ1) is 27.0. The van der Waals surface area contributed by atoms with Crippen molar-refractivity contribution in [1.29, 1.82) is 0 Å². The lowest BCUT2D eigenvalue weighted by Gasteiger charge is -2.36. The number of hydrazine groups is 1. The van der Waals surface area contributed by atoms with Crippen LogP contribution < -0.4 is 27.5 Å². The Kier molecular flexibility index (Phi) is 8.89. The van der Waals surface area contributed by atoms with Crippen LogP contribution in [0.2, 0.25) is 0 Å². The number of rotatable bonds is 8. The number of amides is 2. The van der Waals surface area contributed by atoms with Crippen LogP contribution in [0, 0.1) is 31.6 Å².